The summed E-state index contributed by atoms with van der Waals surface area (Å²) in [7, 11) is 0. The summed E-state index contributed by atoms with van der Waals surface area (Å²) in [6.07, 6.45) is 5.40. The molecule has 0 spiro atoms. The molecule has 0 radical (unpaired) electrons. The molecule has 0 aromatic heterocycles. The van der Waals surface area contributed by atoms with Crippen molar-refractivity contribution in [2.24, 2.45) is 11.8 Å². The number of Topliss-reactive ketones (excluding diaryl/α,β-unsaturated/α-hetero) is 1. The van der Waals surface area contributed by atoms with Crippen molar-refractivity contribution in [1.29, 1.82) is 0 Å². The average Bonchev–Trinajstić information content (AvgIpc) is 3.81. The van der Waals surface area contributed by atoms with Crippen LogP contribution >= 0.6 is 11.6 Å². The number of carbonyl (C=O) groups excluding carboxylic acids is 5. The van der Waals surface area contributed by atoms with Crippen LogP contribution in [0, 0.1) is 17.7 Å². The molecule has 2 aliphatic carbocycles. The molecular weight excluding hydrogens is 651 g/mol. The zero-order valence-electron chi connectivity index (χ0n) is 28.1. The van der Waals surface area contributed by atoms with Crippen LogP contribution in [0.15, 0.2) is 48.5 Å². The van der Waals surface area contributed by atoms with Gasteiger partial charge in [-0.1, -0.05) is 81.8 Å². The normalized spacial score (nSPS) is 20.0. The molecule has 1 unspecified atom stereocenters. The van der Waals surface area contributed by atoms with Crippen LogP contribution < -0.4 is 21.3 Å². The lowest BCUT2D eigenvalue weighted by molar-refractivity contribution is -0.141. The van der Waals surface area contributed by atoms with Gasteiger partial charge >= 0.3 is 6.09 Å². The number of alkyl carbamates (subject to hydrolysis) is 1. The van der Waals surface area contributed by atoms with Crippen molar-refractivity contribution in [3.05, 3.63) is 70.5 Å². The molecule has 2 saturated carbocycles. The highest BCUT2D eigenvalue weighted by molar-refractivity contribution is 6.38. The number of ether oxygens (including phenoxy) is 1. The molecule has 12 heteroatoms. The maximum Gasteiger partial charge on any atom is 0.408 e. The first-order chi connectivity index (χ1) is 23.4. The third-order valence-electron chi connectivity index (χ3n) is 9.98. The number of nitrogens with one attached hydrogen (secondary N) is 4. The second kappa shape index (κ2) is 16.1. The molecule has 4 N–H and O–H groups in total. The molecular formula is C37H46ClFN4O6. The van der Waals surface area contributed by atoms with Crippen molar-refractivity contribution >= 4 is 41.2 Å². The molecule has 2 aromatic rings. The highest BCUT2D eigenvalue weighted by Gasteiger charge is 2.39. The number of ketones is 1. The molecule has 3 fully saturated rings. The fourth-order valence-electron chi connectivity index (χ4n) is 6.88. The Bertz CT molecular complexity index is 1520. The Hall–Kier alpha value is -3.99. The summed E-state index contributed by atoms with van der Waals surface area (Å²) in [5.41, 5.74) is 0.479. The zero-order valence-corrected chi connectivity index (χ0v) is 28.8. The fourth-order valence-corrected chi connectivity index (χ4v) is 7.07. The number of halogens is 2. The second-order valence-electron chi connectivity index (χ2n) is 14.2. The standard InChI is InChI=1S/C37H46ClFN4O6/c1-37(2,25-9-6-10-26(38)21-25)32(23-11-13-27(39)14-12-23)49-36(48)43-30(19-22-7-4-3-5-8-22)34(46)42-29(20-24-17-18-40-33(24)45)31(44)35(47)41-28-15-16-28/h6,9-14,21-22,24,28-30,32H,3-5,7-8,15-20H2,1-2H3,(H,40,45)(H,41,47)(H,42,46)(H,43,48)/t24-,29-,30-,32?/m0/s1. The van der Waals surface area contributed by atoms with E-state index in [0.29, 0.717) is 30.0 Å². The van der Waals surface area contributed by atoms with Gasteiger partial charge in [-0.2, -0.15) is 0 Å². The highest BCUT2D eigenvalue weighted by Crippen LogP contribution is 2.40. The van der Waals surface area contributed by atoms with Crippen molar-refractivity contribution in [3.8, 4) is 0 Å². The van der Waals surface area contributed by atoms with Gasteiger partial charge in [0.2, 0.25) is 17.6 Å². The predicted molar refractivity (Wildman–Crippen MR) is 182 cm³/mol. The van der Waals surface area contributed by atoms with Crippen LogP contribution in [0.1, 0.15) is 95.3 Å². The quantitative estimate of drug-likeness (QED) is 0.194. The molecule has 264 valence electrons. The van der Waals surface area contributed by atoms with E-state index < -0.39 is 59.0 Å². The summed E-state index contributed by atoms with van der Waals surface area (Å²) in [6.45, 7) is 4.22. The van der Waals surface area contributed by atoms with Crippen LogP contribution in [-0.4, -0.2) is 54.3 Å². The first-order valence-corrected chi connectivity index (χ1v) is 17.7. The summed E-state index contributed by atoms with van der Waals surface area (Å²) >= 11 is 6.31. The van der Waals surface area contributed by atoms with E-state index in [-0.39, 0.29) is 24.3 Å². The number of hydrogen-bond acceptors (Lipinski definition) is 6. The number of amides is 4. The minimum absolute atomic E-state index is 0.0322. The zero-order chi connectivity index (χ0) is 35.1. The second-order valence-corrected chi connectivity index (χ2v) is 14.6. The molecule has 4 atom stereocenters. The van der Waals surface area contributed by atoms with E-state index in [4.69, 9.17) is 16.3 Å². The highest BCUT2D eigenvalue weighted by atomic mass is 35.5. The van der Waals surface area contributed by atoms with Gasteiger partial charge in [0.25, 0.3) is 5.91 Å². The van der Waals surface area contributed by atoms with Crippen LogP contribution in [0.5, 0.6) is 0 Å². The van der Waals surface area contributed by atoms with E-state index in [9.17, 15) is 28.4 Å². The molecule has 0 bridgehead atoms. The summed E-state index contributed by atoms with van der Waals surface area (Å²) in [4.78, 5) is 66.4. The van der Waals surface area contributed by atoms with Gasteiger partial charge in [-0.3, -0.25) is 19.2 Å². The molecule has 1 saturated heterocycles. The molecule has 5 rings (SSSR count). The fraction of sp³-hybridized carbons (Fsp3) is 0.541. The third-order valence-corrected chi connectivity index (χ3v) is 10.2. The Balaban J connectivity index is 1.37. The van der Waals surface area contributed by atoms with Gasteiger partial charge in [-0.25, -0.2) is 9.18 Å². The molecule has 4 amide bonds. The summed E-state index contributed by atoms with van der Waals surface area (Å²) in [6, 6.07) is 10.5. The van der Waals surface area contributed by atoms with Gasteiger partial charge in [-0.15, -0.1) is 0 Å². The minimum atomic E-state index is -1.25. The van der Waals surface area contributed by atoms with Gasteiger partial charge in [0.15, 0.2) is 0 Å². The average molecular weight is 697 g/mol. The van der Waals surface area contributed by atoms with Gasteiger partial charge < -0.3 is 26.0 Å². The molecule has 1 aliphatic heterocycles. The third kappa shape index (κ3) is 9.80. The lowest BCUT2D eigenvalue weighted by atomic mass is 9.76. The topological polar surface area (TPSA) is 143 Å². The van der Waals surface area contributed by atoms with E-state index in [1.54, 1.807) is 30.3 Å². The lowest BCUT2D eigenvalue weighted by Gasteiger charge is -2.35. The first kappa shape index (κ1) is 36.3. The number of hydrogen-bond donors (Lipinski definition) is 4. The van der Waals surface area contributed by atoms with E-state index in [0.717, 1.165) is 50.5 Å². The Morgan fingerprint density at radius 1 is 0.939 bits per heavy atom. The van der Waals surface area contributed by atoms with E-state index >= 15 is 0 Å². The maximum atomic E-state index is 14.0. The van der Waals surface area contributed by atoms with Crippen molar-refractivity contribution in [2.45, 2.75) is 108 Å². The molecule has 49 heavy (non-hydrogen) atoms. The molecule has 1 heterocycles. The molecule has 2 aromatic carbocycles. The van der Waals surface area contributed by atoms with E-state index in [1.807, 2.05) is 19.9 Å². The minimum Gasteiger partial charge on any atom is -0.440 e. The largest absolute Gasteiger partial charge is 0.440 e. The van der Waals surface area contributed by atoms with Crippen molar-refractivity contribution in [2.75, 3.05) is 6.54 Å². The van der Waals surface area contributed by atoms with Gasteiger partial charge in [0.1, 0.15) is 18.0 Å². The Labute approximate surface area is 291 Å². The Morgan fingerprint density at radius 3 is 2.29 bits per heavy atom. The number of carbonyl (C=O) groups is 5. The monoisotopic (exact) mass is 696 g/mol. The Kier molecular flexibility index (Phi) is 12.0. The van der Waals surface area contributed by atoms with Crippen molar-refractivity contribution in [1.82, 2.24) is 21.3 Å². The van der Waals surface area contributed by atoms with E-state index in [2.05, 4.69) is 21.3 Å². The summed E-state index contributed by atoms with van der Waals surface area (Å²) in [5.74, 6) is -3.32. The van der Waals surface area contributed by atoms with Gasteiger partial charge in [-0.05, 0) is 73.4 Å². The van der Waals surface area contributed by atoms with Crippen molar-refractivity contribution in [3.63, 3.8) is 0 Å². The lowest BCUT2D eigenvalue weighted by Crippen LogP contribution is -2.55. The smallest absolute Gasteiger partial charge is 0.408 e. The van der Waals surface area contributed by atoms with Gasteiger partial charge in [0, 0.05) is 28.9 Å². The van der Waals surface area contributed by atoms with Crippen LogP contribution in [-0.2, 0) is 29.3 Å². The number of benzene rings is 2. The SMILES string of the molecule is CC(C)(c1cccc(Cl)c1)C(OC(=O)N[C@@H](CC1CCCCC1)C(=O)N[C@@H](C[C@@H]1CCNC1=O)C(=O)C(=O)NC1CC1)c1ccc(F)cc1. The van der Waals surface area contributed by atoms with Crippen LogP contribution in [0.4, 0.5) is 9.18 Å². The first-order valence-electron chi connectivity index (χ1n) is 17.3. The van der Waals surface area contributed by atoms with Crippen LogP contribution in [0.25, 0.3) is 0 Å². The number of rotatable bonds is 14. The van der Waals surface area contributed by atoms with Crippen LogP contribution in [0.2, 0.25) is 5.02 Å². The molecule has 10 nitrogen and oxygen atoms in total. The predicted octanol–water partition coefficient (Wildman–Crippen LogP) is 5.42. The maximum absolute atomic E-state index is 14.0. The van der Waals surface area contributed by atoms with Crippen molar-refractivity contribution < 1.29 is 33.1 Å². The van der Waals surface area contributed by atoms with Gasteiger partial charge in [0.05, 0.1) is 6.04 Å². The van der Waals surface area contributed by atoms with E-state index in [1.165, 1.54) is 12.1 Å². The summed E-state index contributed by atoms with van der Waals surface area (Å²) < 4.78 is 20.0. The summed E-state index contributed by atoms with van der Waals surface area (Å²) in [5, 5.41) is 11.4. The Morgan fingerprint density at radius 2 is 1.65 bits per heavy atom. The molecule has 3 aliphatic rings. The van der Waals surface area contributed by atoms with Crippen LogP contribution in [0.3, 0.4) is 0 Å².